The molecule has 0 aliphatic heterocycles. The van der Waals surface area contributed by atoms with Crippen molar-refractivity contribution in [2.75, 3.05) is 13.1 Å². The lowest BCUT2D eigenvalue weighted by molar-refractivity contribution is 0.0953. The minimum Gasteiger partial charge on any atom is -0.351 e. The van der Waals surface area contributed by atoms with Crippen LogP contribution in [0.5, 0.6) is 0 Å². The van der Waals surface area contributed by atoms with Crippen molar-refractivity contribution in [1.82, 2.24) is 15.6 Å². The van der Waals surface area contributed by atoms with Gasteiger partial charge in [-0.1, -0.05) is 29.8 Å². The van der Waals surface area contributed by atoms with Gasteiger partial charge in [-0.2, -0.15) is 0 Å². The van der Waals surface area contributed by atoms with Crippen molar-refractivity contribution in [3.05, 3.63) is 65.5 Å². The smallest absolute Gasteiger partial charge is 0.252 e. The molecule has 0 spiro atoms. The normalized spacial score (nSPS) is 10.2. The predicted molar refractivity (Wildman–Crippen MR) is 79.5 cm³/mol. The highest BCUT2D eigenvalue weighted by Gasteiger charge is 2.03. The van der Waals surface area contributed by atoms with E-state index in [9.17, 15) is 4.79 Å². The van der Waals surface area contributed by atoms with Crippen LogP contribution in [0.3, 0.4) is 0 Å². The summed E-state index contributed by atoms with van der Waals surface area (Å²) in [5.41, 5.74) is 3.10. The van der Waals surface area contributed by atoms with Crippen LogP contribution in [-0.4, -0.2) is 24.0 Å². The number of rotatable bonds is 6. The molecule has 0 bridgehead atoms. The molecule has 20 heavy (non-hydrogen) atoms. The van der Waals surface area contributed by atoms with Crippen LogP contribution >= 0.6 is 0 Å². The number of aryl methyl sites for hydroxylation is 1. The Morgan fingerprint density at radius 3 is 2.65 bits per heavy atom. The lowest BCUT2D eigenvalue weighted by Gasteiger charge is -2.07. The number of amides is 1. The molecule has 2 rings (SSSR count). The molecule has 1 aromatic carbocycles. The Balaban J connectivity index is 1.64. The van der Waals surface area contributed by atoms with Crippen LogP contribution in [0.15, 0.2) is 48.8 Å². The van der Waals surface area contributed by atoms with Gasteiger partial charge in [0.15, 0.2) is 0 Å². The summed E-state index contributed by atoms with van der Waals surface area (Å²) >= 11 is 0. The summed E-state index contributed by atoms with van der Waals surface area (Å²) in [5.74, 6) is -0.0877. The zero-order valence-corrected chi connectivity index (χ0v) is 11.6. The first-order chi connectivity index (χ1) is 9.75. The highest BCUT2D eigenvalue weighted by atomic mass is 16.1. The van der Waals surface area contributed by atoms with Gasteiger partial charge >= 0.3 is 0 Å². The molecule has 0 radical (unpaired) electrons. The van der Waals surface area contributed by atoms with Gasteiger partial charge in [0.1, 0.15) is 0 Å². The number of carbonyl (C=O) groups excluding carboxylic acids is 1. The van der Waals surface area contributed by atoms with Crippen LogP contribution < -0.4 is 10.6 Å². The first-order valence-electron chi connectivity index (χ1n) is 6.70. The second kappa shape index (κ2) is 7.40. The molecule has 0 aliphatic carbocycles. The maximum absolute atomic E-state index is 11.7. The van der Waals surface area contributed by atoms with E-state index in [1.807, 2.05) is 0 Å². The van der Waals surface area contributed by atoms with E-state index in [0.717, 1.165) is 13.1 Å². The third kappa shape index (κ3) is 4.48. The van der Waals surface area contributed by atoms with Gasteiger partial charge in [-0.25, -0.2) is 0 Å². The summed E-state index contributed by atoms with van der Waals surface area (Å²) in [6.45, 7) is 4.22. The van der Waals surface area contributed by atoms with Crippen LogP contribution in [0.25, 0.3) is 0 Å². The molecule has 2 N–H and O–H groups in total. The molecule has 0 saturated carbocycles. The van der Waals surface area contributed by atoms with Crippen molar-refractivity contribution in [2.45, 2.75) is 13.5 Å². The SMILES string of the molecule is Cc1ccc(CNCCNC(=O)c2cccnc2)cc1. The summed E-state index contributed by atoms with van der Waals surface area (Å²) in [7, 11) is 0. The number of hydrogen-bond acceptors (Lipinski definition) is 3. The van der Waals surface area contributed by atoms with Gasteiger partial charge in [-0.3, -0.25) is 9.78 Å². The fourth-order valence-corrected chi connectivity index (χ4v) is 1.80. The van der Waals surface area contributed by atoms with E-state index >= 15 is 0 Å². The van der Waals surface area contributed by atoms with E-state index in [1.165, 1.54) is 11.1 Å². The number of nitrogens with one attached hydrogen (secondary N) is 2. The van der Waals surface area contributed by atoms with Gasteiger partial charge in [-0.05, 0) is 24.6 Å². The lowest BCUT2D eigenvalue weighted by atomic mass is 10.1. The fourth-order valence-electron chi connectivity index (χ4n) is 1.80. The molecular weight excluding hydrogens is 250 g/mol. The molecule has 4 nitrogen and oxygen atoms in total. The van der Waals surface area contributed by atoms with Gasteiger partial charge in [0, 0.05) is 32.0 Å². The summed E-state index contributed by atoms with van der Waals surface area (Å²) < 4.78 is 0. The Labute approximate surface area is 119 Å². The van der Waals surface area contributed by atoms with Crippen LogP contribution in [0.1, 0.15) is 21.5 Å². The number of carbonyl (C=O) groups is 1. The Hall–Kier alpha value is -2.20. The number of benzene rings is 1. The van der Waals surface area contributed by atoms with E-state index in [4.69, 9.17) is 0 Å². The molecule has 0 saturated heterocycles. The van der Waals surface area contributed by atoms with Crippen LogP contribution in [0, 0.1) is 6.92 Å². The van der Waals surface area contributed by atoms with E-state index in [2.05, 4.69) is 46.8 Å². The zero-order valence-electron chi connectivity index (χ0n) is 11.6. The first kappa shape index (κ1) is 14.2. The molecule has 0 atom stereocenters. The Kier molecular flexibility index (Phi) is 5.26. The van der Waals surface area contributed by atoms with Crippen molar-refractivity contribution < 1.29 is 4.79 Å². The van der Waals surface area contributed by atoms with Crippen LogP contribution in [0.4, 0.5) is 0 Å². The minimum atomic E-state index is -0.0877. The van der Waals surface area contributed by atoms with Gasteiger partial charge in [-0.15, -0.1) is 0 Å². The van der Waals surface area contributed by atoms with Crippen molar-refractivity contribution in [2.24, 2.45) is 0 Å². The van der Waals surface area contributed by atoms with Crippen molar-refractivity contribution >= 4 is 5.91 Å². The number of aromatic nitrogens is 1. The van der Waals surface area contributed by atoms with E-state index in [1.54, 1.807) is 24.5 Å². The summed E-state index contributed by atoms with van der Waals surface area (Å²) in [6.07, 6.45) is 3.22. The van der Waals surface area contributed by atoms with Crippen molar-refractivity contribution in [1.29, 1.82) is 0 Å². The Morgan fingerprint density at radius 1 is 1.15 bits per heavy atom. The van der Waals surface area contributed by atoms with E-state index in [0.29, 0.717) is 12.1 Å². The molecule has 1 amide bonds. The molecule has 0 aliphatic rings. The third-order valence-corrected chi connectivity index (χ3v) is 2.96. The molecule has 0 unspecified atom stereocenters. The van der Waals surface area contributed by atoms with E-state index < -0.39 is 0 Å². The first-order valence-corrected chi connectivity index (χ1v) is 6.70. The quantitative estimate of drug-likeness (QED) is 0.788. The second-order valence-electron chi connectivity index (χ2n) is 4.66. The molecule has 104 valence electrons. The summed E-state index contributed by atoms with van der Waals surface area (Å²) in [4.78, 5) is 15.7. The molecule has 1 heterocycles. The fraction of sp³-hybridized carbons (Fsp3) is 0.250. The maximum atomic E-state index is 11.7. The molecule has 2 aromatic rings. The Morgan fingerprint density at radius 2 is 1.95 bits per heavy atom. The topological polar surface area (TPSA) is 54.0 Å². The number of pyridine rings is 1. The largest absolute Gasteiger partial charge is 0.351 e. The summed E-state index contributed by atoms with van der Waals surface area (Å²) in [6, 6.07) is 11.9. The van der Waals surface area contributed by atoms with Crippen molar-refractivity contribution in [3.8, 4) is 0 Å². The molecule has 4 heteroatoms. The van der Waals surface area contributed by atoms with Crippen LogP contribution in [0.2, 0.25) is 0 Å². The van der Waals surface area contributed by atoms with Gasteiger partial charge < -0.3 is 10.6 Å². The van der Waals surface area contributed by atoms with Crippen LogP contribution in [-0.2, 0) is 6.54 Å². The minimum absolute atomic E-state index is 0.0877. The molecule has 1 aromatic heterocycles. The maximum Gasteiger partial charge on any atom is 0.252 e. The lowest BCUT2D eigenvalue weighted by Crippen LogP contribution is -2.31. The summed E-state index contributed by atoms with van der Waals surface area (Å²) in [5, 5.41) is 6.15. The molecular formula is C16H19N3O. The van der Waals surface area contributed by atoms with Crippen molar-refractivity contribution in [3.63, 3.8) is 0 Å². The third-order valence-electron chi connectivity index (χ3n) is 2.96. The standard InChI is InChI=1S/C16H19N3O/c1-13-4-6-14(7-5-13)11-18-9-10-19-16(20)15-3-2-8-17-12-15/h2-8,12,18H,9-11H2,1H3,(H,19,20). The predicted octanol–water partition coefficient (Wildman–Crippen LogP) is 1.91. The highest BCUT2D eigenvalue weighted by Crippen LogP contribution is 2.02. The monoisotopic (exact) mass is 269 g/mol. The Bertz CT molecular complexity index is 537. The van der Waals surface area contributed by atoms with Gasteiger partial charge in [0.2, 0.25) is 0 Å². The average Bonchev–Trinajstić information content (AvgIpc) is 2.49. The average molecular weight is 269 g/mol. The van der Waals surface area contributed by atoms with Gasteiger partial charge in [0.05, 0.1) is 5.56 Å². The van der Waals surface area contributed by atoms with E-state index in [-0.39, 0.29) is 5.91 Å². The zero-order chi connectivity index (χ0) is 14.2. The highest BCUT2D eigenvalue weighted by molar-refractivity contribution is 5.93. The number of nitrogens with zero attached hydrogens (tertiary/aromatic N) is 1. The molecule has 0 fully saturated rings. The second-order valence-corrected chi connectivity index (χ2v) is 4.66. The van der Waals surface area contributed by atoms with Gasteiger partial charge in [0.25, 0.3) is 5.91 Å². The number of hydrogen-bond donors (Lipinski definition) is 2.